The van der Waals surface area contributed by atoms with Crippen LogP contribution in [0, 0.1) is 0 Å². The Labute approximate surface area is 158 Å². The highest BCUT2D eigenvalue weighted by Crippen LogP contribution is 2.36. The van der Waals surface area contributed by atoms with E-state index in [1.165, 1.54) is 16.8 Å². The van der Waals surface area contributed by atoms with E-state index in [0.29, 0.717) is 27.6 Å². The molecule has 10 heteroatoms. The first-order chi connectivity index (χ1) is 13.0. The van der Waals surface area contributed by atoms with Gasteiger partial charge in [0.05, 0.1) is 16.8 Å². The molecule has 0 atom stereocenters. The lowest BCUT2D eigenvalue weighted by atomic mass is 10.2. The smallest absolute Gasteiger partial charge is 0.416 e. The van der Waals surface area contributed by atoms with Gasteiger partial charge in [-0.2, -0.15) is 18.3 Å². The SMILES string of the molecule is CP(C)(=O)c1ccc2c(c1)c(COC(N)=O)nn2-c1ccc(C(F)(F)F)cc1. The molecule has 2 N–H and O–H groups in total. The van der Waals surface area contributed by atoms with Gasteiger partial charge in [0.15, 0.2) is 0 Å². The van der Waals surface area contributed by atoms with Crippen LogP contribution in [-0.2, 0) is 22.1 Å². The van der Waals surface area contributed by atoms with E-state index in [1.54, 1.807) is 31.5 Å². The van der Waals surface area contributed by atoms with Crippen LogP contribution in [0.3, 0.4) is 0 Å². The molecule has 0 bridgehead atoms. The first-order valence-corrected chi connectivity index (χ1v) is 10.7. The molecule has 0 saturated carbocycles. The van der Waals surface area contributed by atoms with Crippen LogP contribution >= 0.6 is 7.14 Å². The predicted molar refractivity (Wildman–Crippen MR) is 99.5 cm³/mol. The summed E-state index contributed by atoms with van der Waals surface area (Å²) >= 11 is 0. The summed E-state index contributed by atoms with van der Waals surface area (Å²) in [6, 6.07) is 9.57. The van der Waals surface area contributed by atoms with E-state index in [9.17, 15) is 22.5 Å². The third kappa shape index (κ3) is 4.04. The Bertz CT molecular complexity index is 1090. The first-order valence-electron chi connectivity index (χ1n) is 8.14. The van der Waals surface area contributed by atoms with E-state index in [1.807, 2.05) is 0 Å². The maximum atomic E-state index is 12.8. The summed E-state index contributed by atoms with van der Waals surface area (Å²) < 4.78 is 57.1. The van der Waals surface area contributed by atoms with Crippen molar-refractivity contribution in [3.8, 4) is 5.69 Å². The second-order valence-corrected chi connectivity index (χ2v) is 9.78. The third-order valence-corrected chi connectivity index (χ3v) is 5.67. The first kappa shape index (κ1) is 19.9. The lowest BCUT2D eigenvalue weighted by Gasteiger charge is -2.09. The zero-order chi connectivity index (χ0) is 20.7. The van der Waals surface area contributed by atoms with Gasteiger partial charge in [0.2, 0.25) is 0 Å². The Morgan fingerprint density at radius 3 is 2.36 bits per heavy atom. The fourth-order valence-corrected chi connectivity index (χ4v) is 3.61. The Hall–Kier alpha value is -2.80. The van der Waals surface area contributed by atoms with Gasteiger partial charge in [-0.1, -0.05) is 0 Å². The average molecular weight is 411 g/mol. The van der Waals surface area contributed by atoms with Crippen molar-refractivity contribution < 1.29 is 27.3 Å². The number of aromatic nitrogens is 2. The van der Waals surface area contributed by atoms with Crippen molar-refractivity contribution >= 4 is 29.4 Å². The van der Waals surface area contributed by atoms with Gasteiger partial charge in [-0.15, -0.1) is 0 Å². The maximum absolute atomic E-state index is 12.8. The number of nitrogens with zero attached hydrogens (tertiary/aromatic N) is 2. The summed E-state index contributed by atoms with van der Waals surface area (Å²) in [5.74, 6) is 0. The molecular weight excluding hydrogens is 394 g/mol. The Morgan fingerprint density at radius 1 is 1.18 bits per heavy atom. The molecule has 148 valence electrons. The van der Waals surface area contributed by atoms with Gasteiger partial charge >= 0.3 is 12.3 Å². The predicted octanol–water partition coefficient (Wildman–Crippen LogP) is 3.89. The number of hydrogen-bond acceptors (Lipinski definition) is 4. The molecule has 0 aliphatic heterocycles. The van der Waals surface area contributed by atoms with Crippen molar-refractivity contribution in [3.05, 3.63) is 53.7 Å². The van der Waals surface area contributed by atoms with E-state index < -0.39 is 25.0 Å². The average Bonchev–Trinajstić information content (AvgIpc) is 2.96. The fraction of sp³-hybridized carbons (Fsp3) is 0.222. The molecule has 0 aliphatic rings. The van der Waals surface area contributed by atoms with E-state index in [0.717, 1.165) is 12.1 Å². The second-order valence-electron chi connectivity index (χ2n) is 6.56. The second kappa shape index (κ2) is 6.98. The molecule has 28 heavy (non-hydrogen) atoms. The van der Waals surface area contributed by atoms with Crippen LogP contribution in [0.2, 0.25) is 0 Å². The van der Waals surface area contributed by atoms with Crippen LogP contribution in [0.25, 0.3) is 16.6 Å². The number of alkyl halides is 3. The highest BCUT2D eigenvalue weighted by molar-refractivity contribution is 7.70. The van der Waals surface area contributed by atoms with Crippen LogP contribution in [0.4, 0.5) is 18.0 Å². The number of rotatable bonds is 4. The molecule has 3 rings (SSSR count). The van der Waals surface area contributed by atoms with E-state index in [-0.39, 0.29) is 6.61 Å². The van der Waals surface area contributed by atoms with Crippen LogP contribution in [0.5, 0.6) is 0 Å². The standard InChI is InChI=1S/C18H17F3N3O3P/c1-28(2,26)13-7-8-16-14(9-13)15(10-27-17(22)25)23-24(16)12-5-3-11(4-6-12)18(19,20)21/h3-9H,10H2,1-2H3,(H2,22,25). The van der Waals surface area contributed by atoms with Gasteiger partial charge in [0.25, 0.3) is 0 Å². The van der Waals surface area contributed by atoms with Gasteiger partial charge in [-0.3, -0.25) is 0 Å². The van der Waals surface area contributed by atoms with Gasteiger partial charge < -0.3 is 15.0 Å². The van der Waals surface area contributed by atoms with Gasteiger partial charge in [-0.05, 0) is 55.8 Å². The molecule has 0 spiro atoms. The molecular formula is C18H17F3N3O3P. The number of amides is 1. The van der Waals surface area contributed by atoms with Crippen LogP contribution in [-0.4, -0.2) is 29.2 Å². The van der Waals surface area contributed by atoms with Gasteiger partial charge in [-0.25, -0.2) is 9.48 Å². The number of halogens is 3. The molecule has 1 heterocycles. The topological polar surface area (TPSA) is 87.2 Å². The number of primary amides is 1. The zero-order valence-electron chi connectivity index (χ0n) is 15.0. The lowest BCUT2D eigenvalue weighted by molar-refractivity contribution is -0.137. The fourth-order valence-electron chi connectivity index (χ4n) is 2.74. The number of carbonyl (C=O) groups excluding carboxylic acids is 1. The Balaban J connectivity index is 2.14. The molecule has 0 saturated heterocycles. The number of ether oxygens (including phenoxy) is 1. The minimum absolute atomic E-state index is 0.222. The zero-order valence-corrected chi connectivity index (χ0v) is 15.9. The summed E-state index contributed by atoms with van der Waals surface area (Å²) in [6.45, 7) is 3.02. The van der Waals surface area contributed by atoms with Crippen molar-refractivity contribution in [2.24, 2.45) is 5.73 Å². The lowest BCUT2D eigenvalue weighted by Crippen LogP contribution is -2.13. The van der Waals surface area contributed by atoms with E-state index in [2.05, 4.69) is 5.10 Å². The van der Waals surface area contributed by atoms with Crippen molar-refractivity contribution in [1.29, 1.82) is 0 Å². The van der Waals surface area contributed by atoms with Crippen molar-refractivity contribution in [2.45, 2.75) is 12.8 Å². The minimum atomic E-state index is -4.44. The van der Waals surface area contributed by atoms with Gasteiger partial charge in [0.1, 0.15) is 19.4 Å². The normalized spacial score (nSPS) is 12.3. The summed E-state index contributed by atoms with van der Waals surface area (Å²) in [7, 11) is -2.56. The summed E-state index contributed by atoms with van der Waals surface area (Å²) in [4.78, 5) is 11.0. The molecule has 2 aromatic carbocycles. The number of fused-ring (bicyclic) bond motifs is 1. The number of carbonyl (C=O) groups is 1. The van der Waals surface area contributed by atoms with Crippen molar-refractivity contribution in [1.82, 2.24) is 9.78 Å². The summed E-state index contributed by atoms with van der Waals surface area (Å²) in [5, 5.41) is 5.54. The van der Waals surface area contributed by atoms with Crippen molar-refractivity contribution in [2.75, 3.05) is 13.3 Å². The number of hydrogen-bond donors (Lipinski definition) is 1. The summed E-state index contributed by atoms with van der Waals surface area (Å²) in [5.41, 5.74) is 5.56. The number of nitrogens with two attached hydrogens (primary N) is 1. The Kier molecular flexibility index (Phi) is 4.97. The van der Waals surface area contributed by atoms with Crippen molar-refractivity contribution in [3.63, 3.8) is 0 Å². The monoisotopic (exact) mass is 411 g/mol. The van der Waals surface area contributed by atoms with Gasteiger partial charge in [0, 0.05) is 10.7 Å². The van der Waals surface area contributed by atoms with E-state index >= 15 is 0 Å². The Morgan fingerprint density at radius 2 is 1.82 bits per heavy atom. The number of benzene rings is 2. The molecule has 0 fully saturated rings. The molecule has 0 unspecified atom stereocenters. The van der Waals surface area contributed by atoms with Crippen LogP contribution in [0.1, 0.15) is 11.3 Å². The molecule has 1 aromatic heterocycles. The highest BCUT2D eigenvalue weighted by Gasteiger charge is 2.30. The minimum Gasteiger partial charge on any atom is -0.443 e. The molecule has 0 radical (unpaired) electrons. The molecule has 6 nitrogen and oxygen atoms in total. The highest BCUT2D eigenvalue weighted by atomic mass is 31.2. The maximum Gasteiger partial charge on any atom is 0.416 e. The molecule has 3 aromatic rings. The largest absolute Gasteiger partial charge is 0.443 e. The van der Waals surface area contributed by atoms with E-state index in [4.69, 9.17) is 10.5 Å². The molecule has 0 aliphatic carbocycles. The molecule has 1 amide bonds. The third-order valence-electron chi connectivity index (χ3n) is 4.15. The van der Waals surface area contributed by atoms with Crippen LogP contribution in [0.15, 0.2) is 42.5 Å². The van der Waals surface area contributed by atoms with Crippen LogP contribution < -0.4 is 11.0 Å². The quantitative estimate of drug-likeness (QED) is 0.660. The summed E-state index contributed by atoms with van der Waals surface area (Å²) in [6.07, 6.45) is -5.42.